The van der Waals surface area contributed by atoms with Gasteiger partial charge in [-0.05, 0) is 43.7 Å². The molecule has 10 nitrogen and oxygen atoms in total. The van der Waals surface area contributed by atoms with E-state index in [1.54, 1.807) is 0 Å². The Bertz CT molecular complexity index is 969. The summed E-state index contributed by atoms with van der Waals surface area (Å²) >= 11 is 0. The van der Waals surface area contributed by atoms with Crippen LogP contribution >= 0.6 is 0 Å². The number of amides is 4. The zero-order valence-electron chi connectivity index (χ0n) is 17.1. The Balaban J connectivity index is 1.67. The highest BCUT2D eigenvalue weighted by molar-refractivity contribution is 7.92. The zero-order valence-corrected chi connectivity index (χ0v) is 18.0. The molecule has 1 saturated carbocycles. The van der Waals surface area contributed by atoms with Crippen molar-refractivity contribution < 1.29 is 27.5 Å². The Morgan fingerprint density at radius 1 is 1.30 bits per heavy atom. The molecule has 1 heterocycles. The van der Waals surface area contributed by atoms with E-state index in [-0.39, 0.29) is 17.3 Å². The number of nitrogens with one attached hydrogen (secondary N) is 3. The van der Waals surface area contributed by atoms with Gasteiger partial charge in [0.25, 0.3) is 5.91 Å². The number of rotatable bonds is 6. The number of sulfonamides is 1. The fourth-order valence-corrected chi connectivity index (χ4v) is 4.38. The van der Waals surface area contributed by atoms with Crippen LogP contribution in [0, 0.1) is 5.92 Å². The zero-order chi connectivity index (χ0) is 22.1. The van der Waals surface area contributed by atoms with Gasteiger partial charge in [-0.2, -0.15) is 0 Å². The first-order chi connectivity index (χ1) is 14.0. The van der Waals surface area contributed by atoms with Gasteiger partial charge < -0.3 is 15.4 Å². The molecular weight excluding hydrogens is 412 g/mol. The third-order valence-corrected chi connectivity index (χ3v) is 6.05. The maximum absolute atomic E-state index is 12.8. The molecule has 164 valence electrons. The summed E-state index contributed by atoms with van der Waals surface area (Å²) in [6.45, 7) is 1.71. The van der Waals surface area contributed by atoms with Gasteiger partial charge >= 0.3 is 6.03 Å². The Hall–Kier alpha value is -2.82. The number of hydrogen-bond acceptors (Lipinski definition) is 6. The quantitative estimate of drug-likeness (QED) is 0.577. The van der Waals surface area contributed by atoms with Crippen molar-refractivity contribution in [2.24, 2.45) is 5.92 Å². The molecule has 0 bridgehead atoms. The Morgan fingerprint density at radius 2 is 1.97 bits per heavy atom. The summed E-state index contributed by atoms with van der Waals surface area (Å²) in [5.41, 5.74) is -0.337. The molecule has 2 aliphatic rings. The van der Waals surface area contributed by atoms with Gasteiger partial charge in [-0.15, -0.1) is 0 Å². The summed E-state index contributed by atoms with van der Waals surface area (Å²) < 4.78 is 30.3. The molecule has 1 aromatic rings. The minimum Gasteiger partial charge on any atom is -0.494 e. The van der Waals surface area contributed by atoms with Crippen LogP contribution in [-0.4, -0.2) is 56.6 Å². The highest BCUT2D eigenvalue weighted by Crippen LogP contribution is 2.36. The van der Waals surface area contributed by atoms with Gasteiger partial charge in [0.2, 0.25) is 15.9 Å². The molecule has 4 amide bonds. The molecule has 1 saturated heterocycles. The summed E-state index contributed by atoms with van der Waals surface area (Å²) in [6, 6.07) is 3.82. The van der Waals surface area contributed by atoms with Crippen LogP contribution in [0.5, 0.6) is 5.75 Å². The Morgan fingerprint density at radius 3 is 2.57 bits per heavy atom. The highest BCUT2D eigenvalue weighted by atomic mass is 32.2. The number of nitrogens with zero attached hydrogens (tertiary/aromatic N) is 1. The largest absolute Gasteiger partial charge is 0.494 e. The summed E-state index contributed by atoms with van der Waals surface area (Å²) in [5, 5.41) is 5.38. The third-order valence-electron chi connectivity index (χ3n) is 5.46. The van der Waals surface area contributed by atoms with E-state index in [1.807, 2.05) is 0 Å². The second kappa shape index (κ2) is 8.13. The van der Waals surface area contributed by atoms with E-state index in [2.05, 4.69) is 22.3 Å². The van der Waals surface area contributed by atoms with Crippen molar-refractivity contribution >= 4 is 39.2 Å². The van der Waals surface area contributed by atoms with Crippen molar-refractivity contribution in [1.29, 1.82) is 0 Å². The van der Waals surface area contributed by atoms with Crippen LogP contribution in [0.2, 0.25) is 0 Å². The maximum atomic E-state index is 12.8. The lowest BCUT2D eigenvalue weighted by molar-refractivity contribution is -0.135. The average molecular weight is 439 g/mol. The van der Waals surface area contributed by atoms with Gasteiger partial charge in [0.15, 0.2) is 0 Å². The van der Waals surface area contributed by atoms with E-state index >= 15 is 0 Å². The molecule has 0 atom stereocenters. The number of anilines is 2. The van der Waals surface area contributed by atoms with E-state index in [0.717, 1.165) is 24.0 Å². The third kappa shape index (κ3) is 4.66. The molecule has 1 aliphatic heterocycles. The summed E-state index contributed by atoms with van der Waals surface area (Å²) in [5.74, 6) is -0.193. The normalized spacial score (nSPS) is 24.0. The maximum Gasteiger partial charge on any atom is 0.325 e. The van der Waals surface area contributed by atoms with Gasteiger partial charge in [0.05, 0.1) is 19.1 Å². The molecule has 2 fully saturated rings. The lowest BCUT2D eigenvalue weighted by atomic mass is 9.77. The van der Waals surface area contributed by atoms with E-state index < -0.39 is 34.0 Å². The lowest BCUT2D eigenvalue weighted by Gasteiger charge is -2.33. The molecule has 1 aliphatic carbocycles. The molecule has 0 aromatic heterocycles. The molecule has 0 radical (unpaired) electrons. The van der Waals surface area contributed by atoms with Crippen LogP contribution in [0.25, 0.3) is 0 Å². The monoisotopic (exact) mass is 438 g/mol. The number of carbonyl (C=O) groups is 3. The molecule has 30 heavy (non-hydrogen) atoms. The fraction of sp³-hybridized carbons (Fsp3) is 0.526. The van der Waals surface area contributed by atoms with Crippen molar-refractivity contribution in [2.75, 3.05) is 29.9 Å². The van der Waals surface area contributed by atoms with E-state index in [0.29, 0.717) is 24.4 Å². The summed E-state index contributed by atoms with van der Waals surface area (Å²) in [4.78, 5) is 38.6. The van der Waals surface area contributed by atoms with Crippen LogP contribution in [-0.2, 0) is 19.6 Å². The fourth-order valence-electron chi connectivity index (χ4n) is 3.81. The summed E-state index contributed by atoms with van der Waals surface area (Å²) in [7, 11) is -2.13. The van der Waals surface area contributed by atoms with Crippen molar-refractivity contribution in [3.8, 4) is 5.75 Å². The first kappa shape index (κ1) is 21.9. The van der Waals surface area contributed by atoms with E-state index in [1.165, 1.54) is 25.3 Å². The van der Waals surface area contributed by atoms with Gasteiger partial charge in [-0.25, -0.2) is 13.2 Å². The minimum atomic E-state index is -3.50. The highest BCUT2D eigenvalue weighted by Gasteiger charge is 2.52. The van der Waals surface area contributed by atoms with Gasteiger partial charge in [-0.1, -0.05) is 6.92 Å². The predicted octanol–water partition coefficient (Wildman–Crippen LogP) is 1.51. The van der Waals surface area contributed by atoms with Gasteiger partial charge in [0.1, 0.15) is 17.8 Å². The van der Waals surface area contributed by atoms with Crippen molar-refractivity contribution in [1.82, 2.24) is 10.2 Å². The smallest absolute Gasteiger partial charge is 0.325 e. The number of carbonyl (C=O) groups excluding carboxylic acids is 3. The van der Waals surface area contributed by atoms with E-state index in [9.17, 15) is 22.8 Å². The van der Waals surface area contributed by atoms with Crippen molar-refractivity contribution in [2.45, 2.75) is 38.1 Å². The first-order valence-electron chi connectivity index (χ1n) is 9.63. The average Bonchev–Trinajstić information content (AvgIpc) is 2.88. The number of ether oxygens (including phenoxy) is 1. The van der Waals surface area contributed by atoms with Crippen molar-refractivity contribution in [3.05, 3.63) is 18.2 Å². The van der Waals surface area contributed by atoms with Crippen LogP contribution in [0.15, 0.2) is 18.2 Å². The van der Waals surface area contributed by atoms with Crippen LogP contribution in [0.3, 0.4) is 0 Å². The number of imide groups is 1. The Kier molecular flexibility index (Phi) is 5.93. The second-order valence-electron chi connectivity index (χ2n) is 7.92. The van der Waals surface area contributed by atoms with Gasteiger partial charge in [0, 0.05) is 11.8 Å². The predicted molar refractivity (Wildman–Crippen MR) is 111 cm³/mol. The Labute approximate surface area is 175 Å². The molecule has 11 heteroatoms. The number of benzene rings is 1. The minimum absolute atomic E-state index is 0.212. The van der Waals surface area contributed by atoms with Crippen LogP contribution < -0.4 is 20.1 Å². The molecule has 1 aromatic carbocycles. The lowest BCUT2D eigenvalue weighted by Crippen LogP contribution is -2.49. The molecule has 3 rings (SSSR count). The van der Waals surface area contributed by atoms with E-state index in [4.69, 9.17) is 4.74 Å². The van der Waals surface area contributed by atoms with Crippen LogP contribution in [0.1, 0.15) is 32.6 Å². The number of methoxy groups -OCH3 is 1. The topological polar surface area (TPSA) is 134 Å². The first-order valence-corrected chi connectivity index (χ1v) is 11.5. The standard InChI is InChI=1S/C19H26N4O6S/c1-12-6-8-19(9-7-12)17(25)23(18(26)21-19)11-16(24)20-13-4-5-14(15(10-13)29-2)22-30(3,27)28/h4-5,10,12,22H,6-9,11H2,1-3H3,(H,20,24)(H,21,26). The molecular formula is C19H26N4O6S. The summed E-state index contributed by atoms with van der Waals surface area (Å²) in [6.07, 6.45) is 3.85. The van der Waals surface area contributed by atoms with Gasteiger partial charge in [-0.3, -0.25) is 19.2 Å². The number of hydrogen-bond donors (Lipinski definition) is 3. The molecule has 3 N–H and O–H groups in total. The second-order valence-corrected chi connectivity index (χ2v) is 9.67. The number of urea groups is 1. The molecule has 1 spiro atoms. The van der Waals surface area contributed by atoms with Crippen molar-refractivity contribution in [3.63, 3.8) is 0 Å². The van der Waals surface area contributed by atoms with Crippen LogP contribution in [0.4, 0.5) is 16.2 Å². The molecule has 0 unspecified atom stereocenters. The SMILES string of the molecule is COc1cc(NC(=O)CN2C(=O)NC3(CCC(C)CC3)C2=O)ccc1NS(C)(=O)=O.